The lowest BCUT2D eigenvalue weighted by molar-refractivity contribution is 0.0633. The van der Waals surface area contributed by atoms with E-state index in [1.165, 1.54) is 36.9 Å². The summed E-state index contributed by atoms with van der Waals surface area (Å²) in [6.07, 6.45) is 6.14. The van der Waals surface area contributed by atoms with Gasteiger partial charge in [0.05, 0.1) is 16.1 Å². The average Bonchev–Trinajstić information content (AvgIpc) is 3.24. The van der Waals surface area contributed by atoms with Crippen LogP contribution in [-0.4, -0.2) is 29.8 Å². The molecule has 0 bridgehead atoms. The van der Waals surface area contributed by atoms with Crippen molar-refractivity contribution in [1.82, 2.24) is 4.90 Å². The largest absolute Gasteiger partial charge is 0.459 e. The molecule has 2 amide bonds. The molecular formula is C19H24N2O3S. The van der Waals surface area contributed by atoms with Gasteiger partial charge in [-0.3, -0.25) is 9.59 Å². The van der Waals surface area contributed by atoms with Gasteiger partial charge in [-0.25, -0.2) is 0 Å². The van der Waals surface area contributed by atoms with Gasteiger partial charge < -0.3 is 14.6 Å². The summed E-state index contributed by atoms with van der Waals surface area (Å²) in [4.78, 5) is 27.6. The molecule has 0 aliphatic heterocycles. The van der Waals surface area contributed by atoms with E-state index in [0.29, 0.717) is 21.8 Å². The smallest absolute Gasteiger partial charge is 0.291 e. The topological polar surface area (TPSA) is 62.6 Å². The summed E-state index contributed by atoms with van der Waals surface area (Å²) in [7, 11) is 1.90. The number of hydrogen-bond acceptors (Lipinski definition) is 4. The minimum absolute atomic E-state index is 0.0414. The molecule has 0 aromatic carbocycles. The number of nitrogens with zero attached hydrogens (tertiary/aromatic N) is 1. The SMILES string of the molecule is Cc1cc(NC(=O)c2ccco2)sc1C(=O)N(C)C1CCCCC1C. The Kier molecular flexibility index (Phi) is 5.27. The van der Waals surface area contributed by atoms with E-state index in [1.54, 1.807) is 12.1 Å². The third-order valence-corrected chi connectivity index (χ3v) is 6.12. The van der Waals surface area contributed by atoms with E-state index in [9.17, 15) is 9.59 Å². The number of hydrogen-bond donors (Lipinski definition) is 1. The molecule has 1 saturated carbocycles. The highest BCUT2D eigenvalue weighted by Gasteiger charge is 2.30. The first-order chi connectivity index (χ1) is 12.0. The number of thiophene rings is 1. The number of aryl methyl sites for hydroxylation is 1. The maximum atomic E-state index is 12.9. The third-order valence-electron chi connectivity index (χ3n) is 4.98. The van der Waals surface area contributed by atoms with Gasteiger partial charge in [0.15, 0.2) is 5.76 Å². The minimum atomic E-state index is -0.306. The molecule has 1 aliphatic rings. The van der Waals surface area contributed by atoms with E-state index >= 15 is 0 Å². The van der Waals surface area contributed by atoms with Crippen LogP contribution in [0.1, 0.15) is 58.4 Å². The molecule has 6 heteroatoms. The first-order valence-corrected chi connectivity index (χ1v) is 9.51. The van der Waals surface area contributed by atoms with E-state index in [0.717, 1.165) is 12.0 Å². The molecule has 1 aliphatic carbocycles. The van der Waals surface area contributed by atoms with Gasteiger partial charge in [0, 0.05) is 13.1 Å². The summed E-state index contributed by atoms with van der Waals surface area (Å²) in [5.41, 5.74) is 0.889. The zero-order valence-electron chi connectivity index (χ0n) is 14.9. The average molecular weight is 360 g/mol. The summed E-state index contributed by atoms with van der Waals surface area (Å²) >= 11 is 1.32. The predicted octanol–water partition coefficient (Wildman–Crippen LogP) is 4.55. The summed E-state index contributed by atoms with van der Waals surface area (Å²) in [6, 6.07) is 5.42. The Morgan fingerprint density at radius 1 is 1.32 bits per heavy atom. The molecule has 0 spiro atoms. The quantitative estimate of drug-likeness (QED) is 0.870. The van der Waals surface area contributed by atoms with Gasteiger partial charge in [0.1, 0.15) is 0 Å². The zero-order chi connectivity index (χ0) is 18.0. The van der Waals surface area contributed by atoms with Crippen LogP contribution in [0.5, 0.6) is 0 Å². The molecule has 3 rings (SSSR count). The van der Waals surface area contributed by atoms with Crippen LogP contribution in [0, 0.1) is 12.8 Å². The summed E-state index contributed by atoms with van der Waals surface area (Å²) in [5.74, 6) is 0.521. The predicted molar refractivity (Wildman–Crippen MR) is 99.2 cm³/mol. The molecule has 5 nitrogen and oxygen atoms in total. The molecule has 1 N–H and O–H groups in total. The van der Waals surface area contributed by atoms with Crippen molar-refractivity contribution >= 4 is 28.2 Å². The van der Waals surface area contributed by atoms with Crippen molar-refractivity contribution in [3.8, 4) is 0 Å². The molecule has 25 heavy (non-hydrogen) atoms. The van der Waals surface area contributed by atoms with Gasteiger partial charge >= 0.3 is 0 Å². The Morgan fingerprint density at radius 3 is 2.76 bits per heavy atom. The maximum absolute atomic E-state index is 12.9. The second-order valence-electron chi connectivity index (χ2n) is 6.80. The summed E-state index contributed by atoms with van der Waals surface area (Å²) in [5, 5.41) is 3.46. The molecule has 2 atom stereocenters. The summed E-state index contributed by atoms with van der Waals surface area (Å²) in [6.45, 7) is 4.13. The van der Waals surface area contributed by atoms with Crippen molar-refractivity contribution in [3.05, 3.63) is 40.7 Å². The first-order valence-electron chi connectivity index (χ1n) is 8.70. The Hall–Kier alpha value is -2.08. The van der Waals surface area contributed by atoms with E-state index in [1.807, 2.05) is 24.9 Å². The van der Waals surface area contributed by atoms with Crippen molar-refractivity contribution in [2.24, 2.45) is 5.92 Å². The molecular weight excluding hydrogens is 336 g/mol. The number of carbonyl (C=O) groups is 2. The van der Waals surface area contributed by atoms with Crippen molar-refractivity contribution in [1.29, 1.82) is 0 Å². The third kappa shape index (κ3) is 3.79. The van der Waals surface area contributed by atoms with Crippen LogP contribution < -0.4 is 5.32 Å². The van der Waals surface area contributed by atoms with Gasteiger partial charge in [0.25, 0.3) is 11.8 Å². The Labute approximate surface area is 152 Å². The highest BCUT2D eigenvalue weighted by atomic mass is 32.1. The van der Waals surface area contributed by atoms with Crippen molar-refractivity contribution < 1.29 is 14.0 Å². The van der Waals surface area contributed by atoms with Crippen molar-refractivity contribution in [2.45, 2.75) is 45.6 Å². The molecule has 0 radical (unpaired) electrons. The molecule has 2 unspecified atom stereocenters. The van der Waals surface area contributed by atoms with Crippen LogP contribution in [0.3, 0.4) is 0 Å². The van der Waals surface area contributed by atoms with Crippen LogP contribution in [0.15, 0.2) is 28.9 Å². The Bertz CT molecular complexity index is 751. The van der Waals surface area contributed by atoms with Crippen molar-refractivity contribution in [2.75, 3.05) is 12.4 Å². The standard InChI is InChI=1S/C19H24N2O3S/c1-12-7-4-5-8-14(12)21(3)19(23)17-13(2)11-16(25-17)20-18(22)15-9-6-10-24-15/h6,9-12,14H,4-5,7-8H2,1-3H3,(H,20,22). The first kappa shape index (κ1) is 17.7. The molecule has 134 valence electrons. The van der Waals surface area contributed by atoms with E-state index in [2.05, 4.69) is 12.2 Å². The lowest BCUT2D eigenvalue weighted by Crippen LogP contribution is -2.42. The van der Waals surface area contributed by atoms with Gasteiger partial charge in [-0.15, -0.1) is 11.3 Å². The van der Waals surface area contributed by atoms with Crippen molar-refractivity contribution in [3.63, 3.8) is 0 Å². The number of nitrogens with one attached hydrogen (secondary N) is 1. The lowest BCUT2D eigenvalue weighted by Gasteiger charge is -2.36. The Balaban J connectivity index is 1.73. The van der Waals surface area contributed by atoms with Gasteiger partial charge in [-0.05, 0) is 49.4 Å². The molecule has 0 saturated heterocycles. The number of carbonyl (C=O) groups excluding carboxylic acids is 2. The molecule has 2 aromatic rings. The molecule has 1 fully saturated rings. The van der Waals surface area contributed by atoms with Gasteiger partial charge in [-0.1, -0.05) is 19.8 Å². The van der Waals surface area contributed by atoms with Crippen LogP contribution >= 0.6 is 11.3 Å². The fraction of sp³-hybridized carbons (Fsp3) is 0.474. The Morgan fingerprint density at radius 2 is 2.08 bits per heavy atom. The van der Waals surface area contributed by atoms with Gasteiger partial charge in [0.2, 0.25) is 0 Å². The van der Waals surface area contributed by atoms with E-state index in [-0.39, 0.29) is 17.6 Å². The molecule has 2 aromatic heterocycles. The fourth-order valence-corrected chi connectivity index (χ4v) is 4.57. The second-order valence-corrected chi connectivity index (χ2v) is 7.85. The normalized spacial score (nSPS) is 20.3. The maximum Gasteiger partial charge on any atom is 0.291 e. The van der Waals surface area contributed by atoms with E-state index < -0.39 is 0 Å². The van der Waals surface area contributed by atoms with E-state index in [4.69, 9.17) is 4.42 Å². The van der Waals surface area contributed by atoms with Gasteiger partial charge in [-0.2, -0.15) is 0 Å². The van der Waals surface area contributed by atoms with Crippen LogP contribution in [0.2, 0.25) is 0 Å². The zero-order valence-corrected chi connectivity index (χ0v) is 15.7. The fourth-order valence-electron chi connectivity index (χ4n) is 3.52. The highest BCUT2D eigenvalue weighted by molar-refractivity contribution is 7.18. The van der Waals surface area contributed by atoms with Crippen LogP contribution in [0.4, 0.5) is 5.00 Å². The lowest BCUT2D eigenvalue weighted by atomic mass is 9.85. The minimum Gasteiger partial charge on any atom is -0.459 e. The summed E-state index contributed by atoms with van der Waals surface area (Å²) < 4.78 is 5.10. The number of amides is 2. The monoisotopic (exact) mass is 360 g/mol. The number of anilines is 1. The number of furan rings is 1. The number of rotatable bonds is 4. The highest BCUT2D eigenvalue weighted by Crippen LogP contribution is 2.32. The van der Waals surface area contributed by atoms with Crippen LogP contribution in [-0.2, 0) is 0 Å². The molecule has 2 heterocycles. The second kappa shape index (κ2) is 7.44. The van der Waals surface area contributed by atoms with Crippen LogP contribution in [0.25, 0.3) is 0 Å².